The van der Waals surface area contributed by atoms with Gasteiger partial charge in [0.1, 0.15) is 5.75 Å². The van der Waals surface area contributed by atoms with Gasteiger partial charge in [-0.05, 0) is 38.3 Å². The van der Waals surface area contributed by atoms with Gasteiger partial charge in [0.15, 0.2) is 0 Å². The Morgan fingerprint density at radius 2 is 2.11 bits per heavy atom. The van der Waals surface area contributed by atoms with Gasteiger partial charge in [-0.3, -0.25) is 4.79 Å². The number of amides is 1. The number of piperidine rings is 1. The van der Waals surface area contributed by atoms with Gasteiger partial charge in [-0.2, -0.15) is 0 Å². The van der Waals surface area contributed by atoms with Gasteiger partial charge in [-0.25, -0.2) is 0 Å². The zero-order valence-electron chi connectivity index (χ0n) is 10.9. The maximum atomic E-state index is 11.1. The summed E-state index contributed by atoms with van der Waals surface area (Å²) >= 11 is 0. The number of likely N-dealkylation sites (tertiary alicyclic amines) is 1. The van der Waals surface area contributed by atoms with E-state index < -0.39 is 0 Å². The molecule has 0 radical (unpaired) electrons. The molecule has 1 amide bonds. The molecular formula is C15H21NO2. The van der Waals surface area contributed by atoms with Crippen LogP contribution in [0.1, 0.15) is 32.6 Å². The summed E-state index contributed by atoms with van der Waals surface area (Å²) in [5.74, 6) is 0.902. The van der Waals surface area contributed by atoms with Gasteiger partial charge in [0.25, 0.3) is 0 Å². The van der Waals surface area contributed by atoms with Crippen molar-refractivity contribution in [2.75, 3.05) is 6.61 Å². The number of para-hydroxylation sites is 1. The molecule has 0 bridgehead atoms. The summed E-state index contributed by atoms with van der Waals surface area (Å²) < 4.78 is 5.69. The summed E-state index contributed by atoms with van der Waals surface area (Å²) in [5, 5.41) is 0. The Hall–Kier alpha value is -1.51. The van der Waals surface area contributed by atoms with Gasteiger partial charge < -0.3 is 9.64 Å². The van der Waals surface area contributed by atoms with Crippen LogP contribution in [0.15, 0.2) is 30.3 Å². The van der Waals surface area contributed by atoms with Gasteiger partial charge in [0.2, 0.25) is 6.41 Å². The number of carbonyl (C=O) groups is 1. The molecule has 3 nitrogen and oxygen atoms in total. The molecule has 1 aliphatic rings. The predicted octanol–water partition coefficient (Wildman–Crippen LogP) is 2.85. The number of rotatable bonds is 5. The molecule has 0 aliphatic carbocycles. The SMILES string of the molecule is CC1CCCC(CCOc2ccccc2)N1C=O. The van der Waals surface area contributed by atoms with Gasteiger partial charge in [-0.15, -0.1) is 0 Å². The molecule has 2 rings (SSSR count). The number of hydrogen-bond acceptors (Lipinski definition) is 2. The van der Waals surface area contributed by atoms with Crippen molar-refractivity contribution in [2.45, 2.75) is 44.7 Å². The number of carbonyl (C=O) groups excluding carboxylic acids is 1. The minimum Gasteiger partial charge on any atom is -0.494 e. The molecule has 1 fully saturated rings. The van der Waals surface area contributed by atoms with Crippen LogP contribution in [0.25, 0.3) is 0 Å². The van der Waals surface area contributed by atoms with Crippen molar-refractivity contribution in [3.05, 3.63) is 30.3 Å². The van der Waals surface area contributed by atoms with E-state index in [1.54, 1.807) is 0 Å². The summed E-state index contributed by atoms with van der Waals surface area (Å²) in [6.45, 7) is 2.80. The lowest BCUT2D eigenvalue weighted by atomic mass is 9.95. The highest BCUT2D eigenvalue weighted by Gasteiger charge is 2.26. The fourth-order valence-electron chi connectivity index (χ4n) is 2.62. The zero-order valence-corrected chi connectivity index (χ0v) is 10.9. The molecule has 3 heteroatoms. The highest BCUT2D eigenvalue weighted by Crippen LogP contribution is 2.23. The third kappa shape index (κ3) is 3.25. The lowest BCUT2D eigenvalue weighted by molar-refractivity contribution is -0.124. The molecule has 1 heterocycles. The van der Waals surface area contributed by atoms with E-state index >= 15 is 0 Å². The van der Waals surface area contributed by atoms with Crippen LogP contribution in [0.3, 0.4) is 0 Å². The second-order valence-electron chi connectivity index (χ2n) is 4.94. The zero-order chi connectivity index (χ0) is 12.8. The van der Waals surface area contributed by atoms with Crippen LogP contribution in [0.2, 0.25) is 0 Å². The second kappa shape index (κ2) is 6.43. The molecule has 1 aromatic rings. The van der Waals surface area contributed by atoms with E-state index in [1.807, 2.05) is 35.2 Å². The Balaban J connectivity index is 1.80. The maximum absolute atomic E-state index is 11.1. The first-order valence-corrected chi connectivity index (χ1v) is 6.72. The topological polar surface area (TPSA) is 29.5 Å². The molecule has 0 saturated carbocycles. The molecule has 2 unspecified atom stereocenters. The summed E-state index contributed by atoms with van der Waals surface area (Å²) in [4.78, 5) is 13.1. The quantitative estimate of drug-likeness (QED) is 0.749. The number of nitrogens with zero attached hydrogens (tertiary/aromatic N) is 1. The largest absolute Gasteiger partial charge is 0.494 e. The van der Waals surface area contributed by atoms with E-state index in [0.29, 0.717) is 18.7 Å². The van der Waals surface area contributed by atoms with Crippen LogP contribution in [-0.4, -0.2) is 30.0 Å². The van der Waals surface area contributed by atoms with Crippen molar-refractivity contribution in [3.8, 4) is 5.75 Å². The molecule has 0 N–H and O–H groups in total. The van der Waals surface area contributed by atoms with Crippen molar-refractivity contribution in [1.29, 1.82) is 0 Å². The van der Waals surface area contributed by atoms with Crippen LogP contribution in [0.5, 0.6) is 5.75 Å². The Morgan fingerprint density at radius 1 is 1.33 bits per heavy atom. The second-order valence-corrected chi connectivity index (χ2v) is 4.94. The summed E-state index contributed by atoms with van der Waals surface area (Å²) in [6.07, 6.45) is 5.34. The maximum Gasteiger partial charge on any atom is 0.210 e. The third-order valence-electron chi connectivity index (χ3n) is 3.67. The molecule has 0 aromatic heterocycles. The predicted molar refractivity (Wildman–Crippen MR) is 71.6 cm³/mol. The van der Waals surface area contributed by atoms with E-state index in [2.05, 4.69) is 6.92 Å². The highest BCUT2D eigenvalue weighted by atomic mass is 16.5. The fourth-order valence-corrected chi connectivity index (χ4v) is 2.62. The Labute approximate surface area is 109 Å². The lowest BCUT2D eigenvalue weighted by Gasteiger charge is -2.38. The summed E-state index contributed by atoms with van der Waals surface area (Å²) in [5.41, 5.74) is 0. The summed E-state index contributed by atoms with van der Waals surface area (Å²) in [6, 6.07) is 10.5. The molecule has 98 valence electrons. The van der Waals surface area contributed by atoms with Crippen molar-refractivity contribution in [2.24, 2.45) is 0 Å². The van der Waals surface area contributed by atoms with E-state index in [-0.39, 0.29) is 0 Å². The molecular weight excluding hydrogens is 226 g/mol. The average Bonchev–Trinajstić information content (AvgIpc) is 2.40. The number of ether oxygens (including phenoxy) is 1. The highest BCUT2D eigenvalue weighted by molar-refractivity contribution is 5.48. The van der Waals surface area contributed by atoms with Gasteiger partial charge >= 0.3 is 0 Å². The van der Waals surface area contributed by atoms with Gasteiger partial charge in [0.05, 0.1) is 6.61 Å². The number of hydrogen-bond donors (Lipinski definition) is 0. The van der Waals surface area contributed by atoms with E-state index in [0.717, 1.165) is 31.4 Å². The molecule has 1 saturated heterocycles. The molecule has 18 heavy (non-hydrogen) atoms. The van der Waals surface area contributed by atoms with Crippen LogP contribution in [-0.2, 0) is 4.79 Å². The minimum atomic E-state index is 0.343. The van der Waals surface area contributed by atoms with Crippen molar-refractivity contribution in [3.63, 3.8) is 0 Å². The average molecular weight is 247 g/mol. The Kier molecular flexibility index (Phi) is 4.62. The van der Waals surface area contributed by atoms with Crippen LogP contribution in [0, 0.1) is 0 Å². The molecule has 1 aromatic carbocycles. The van der Waals surface area contributed by atoms with Crippen LogP contribution in [0.4, 0.5) is 0 Å². The molecule has 0 spiro atoms. The Bertz CT molecular complexity index is 366. The first-order chi connectivity index (χ1) is 8.81. The standard InChI is InChI=1S/C15H21NO2/c1-13-6-5-7-14(16(13)12-17)10-11-18-15-8-3-2-4-9-15/h2-4,8-9,12-14H,5-7,10-11H2,1H3. The van der Waals surface area contributed by atoms with Gasteiger partial charge in [-0.1, -0.05) is 18.2 Å². The van der Waals surface area contributed by atoms with Crippen molar-refractivity contribution < 1.29 is 9.53 Å². The van der Waals surface area contributed by atoms with Crippen LogP contribution >= 0.6 is 0 Å². The first kappa shape index (κ1) is 12.9. The smallest absolute Gasteiger partial charge is 0.210 e. The monoisotopic (exact) mass is 247 g/mol. The van der Waals surface area contributed by atoms with E-state index in [9.17, 15) is 4.79 Å². The van der Waals surface area contributed by atoms with Gasteiger partial charge in [0, 0.05) is 18.5 Å². The lowest BCUT2D eigenvalue weighted by Crippen LogP contribution is -2.44. The Morgan fingerprint density at radius 3 is 2.83 bits per heavy atom. The number of benzene rings is 1. The molecule has 1 aliphatic heterocycles. The first-order valence-electron chi connectivity index (χ1n) is 6.72. The van der Waals surface area contributed by atoms with Crippen molar-refractivity contribution in [1.82, 2.24) is 4.90 Å². The third-order valence-corrected chi connectivity index (χ3v) is 3.67. The van der Waals surface area contributed by atoms with E-state index in [4.69, 9.17) is 4.74 Å². The molecule has 2 atom stereocenters. The fraction of sp³-hybridized carbons (Fsp3) is 0.533. The van der Waals surface area contributed by atoms with Crippen molar-refractivity contribution >= 4 is 6.41 Å². The summed E-state index contributed by atoms with van der Waals surface area (Å²) in [7, 11) is 0. The normalized spacial score (nSPS) is 23.7. The van der Waals surface area contributed by atoms with Crippen LogP contribution < -0.4 is 4.74 Å². The minimum absolute atomic E-state index is 0.343. The van der Waals surface area contributed by atoms with E-state index in [1.165, 1.54) is 6.42 Å².